The predicted molar refractivity (Wildman–Crippen MR) is 94.3 cm³/mol. The number of aliphatic hydroxyl groups excluding tert-OH is 1. The first-order valence-electron chi connectivity index (χ1n) is 8.15. The lowest BCUT2D eigenvalue weighted by molar-refractivity contribution is 0.184. The molecule has 1 saturated carbocycles. The summed E-state index contributed by atoms with van der Waals surface area (Å²) in [5.41, 5.74) is 0.0724. The van der Waals surface area contributed by atoms with Crippen molar-refractivity contribution in [2.75, 3.05) is 13.2 Å². The van der Waals surface area contributed by atoms with E-state index in [-0.39, 0.29) is 22.9 Å². The van der Waals surface area contributed by atoms with Crippen LogP contribution in [0.3, 0.4) is 0 Å². The topological polar surface area (TPSA) is 57.6 Å². The molecule has 1 atom stereocenters. The molecule has 8 heteroatoms. The van der Waals surface area contributed by atoms with Gasteiger partial charge in [0, 0.05) is 17.6 Å². The Balaban J connectivity index is 2.04. The summed E-state index contributed by atoms with van der Waals surface area (Å²) in [6.07, 6.45) is 1.75. The Morgan fingerprint density at radius 1 is 1.12 bits per heavy atom. The second-order valence-electron chi connectivity index (χ2n) is 6.37. The zero-order chi connectivity index (χ0) is 18.9. The highest BCUT2D eigenvalue weighted by molar-refractivity contribution is 7.89. The lowest BCUT2D eigenvalue weighted by Gasteiger charge is -2.30. The van der Waals surface area contributed by atoms with Gasteiger partial charge in [-0.3, -0.25) is 0 Å². The lowest BCUT2D eigenvalue weighted by Crippen LogP contribution is -2.38. The highest BCUT2D eigenvalue weighted by Gasteiger charge is 2.37. The number of benzene rings is 2. The number of nitrogens with zero attached hydrogens (tertiary/aromatic N) is 1. The van der Waals surface area contributed by atoms with Gasteiger partial charge in [0.25, 0.3) is 0 Å². The van der Waals surface area contributed by atoms with E-state index in [1.807, 2.05) is 0 Å². The maximum atomic E-state index is 13.6. The van der Waals surface area contributed by atoms with E-state index in [0.29, 0.717) is 11.1 Å². The molecule has 0 unspecified atom stereocenters. The van der Waals surface area contributed by atoms with Gasteiger partial charge in [0.15, 0.2) is 0 Å². The molecule has 0 heterocycles. The van der Waals surface area contributed by atoms with Gasteiger partial charge in [0.2, 0.25) is 10.0 Å². The Labute approximate surface area is 156 Å². The molecular weight excluding hydrogens is 384 g/mol. The summed E-state index contributed by atoms with van der Waals surface area (Å²) in [6, 6.07) is 7.37. The molecule has 26 heavy (non-hydrogen) atoms. The van der Waals surface area contributed by atoms with E-state index in [1.165, 1.54) is 24.3 Å². The van der Waals surface area contributed by atoms with E-state index in [9.17, 15) is 22.3 Å². The number of aliphatic hydroxyl groups is 1. The van der Waals surface area contributed by atoms with Crippen molar-refractivity contribution >= 4 is 21.6 Å². The normalized spacial score (nSPS) is 16.0. The smallest absolute Gasteiger partial charge is 0.243 e. The number of sulfonamides is 1. The molecule has 1 aliphatic rings. The second kappa shape index (κ2) is 7.60. The van der Waals surface area contributed by atoms with Crippen LogP contribution in [-0.2, 0) is 10.0 Å². The SMILES string of the molecule is O=S(=O)(c1ccc(Cl)cc1)N(CC1CC1)[C@H](CO)c1cc(F)cc(F)c1. The fourth-order valence-corrected chi connectivity index (χ4v) is 4.63. The highest BCUT2D eigenvalue weighted by atomic mass is 35.5. The van der Waals surface area contributed by atoms with Crippen LogP contribution in [0.2, 0.25) is 5.02 Å². The molecule has 0 radical (unpaired) electrons. The first-order valence-corrected chi connectivity index (χ1v) is 9.97. The number of rotatable bonds is 7. The molecule has 140 valence electrons. The average Bonchev–Trinajstić information content (AvgIpc) is 3.38. The largest absolute Gasteiger partial charge is 0.394 e. The standard InChI is InChI=1S/C18H18ClF2NO3S/c19-14-3-5-17(6-4-14)26(24,25)22(10-12-1-2-12)18(11-23)13-7-15(20)9-16(21)8-13/h3-9,12,18,23H,1-2,10-11H2/t18-/m1/s1. The van der Waals surface area contributed by atoms with Crippen molar-refractivity contribution in [2.45, 2.75) is 23.8 Å². The van der Waals surface area contributed by atoms with Crippen LogP contribution in [0.5, 0.6) is 0 Å². The van der Waals surface area contributed by atoms with Gasteiger partial charge < -0.3 is 5.11 Å². The Morgan fingerprint density at radius 2 is 1.69 bits per heavy atom. The molecule has 3 rings (SSSR count). The van der Waals surface area contributed by atoms with Gasteiger partial charge in [-0.2, -0.15) is 4.31 Å². The summed E-state index contributed by atoms with van der Waals surface area (Å²) in [6.45, 7) is -0.420. The Hall–Kier alpha value is -1.54. The third-order valence-electron chi connectivity index (χ3n) is 4.35. The number of hydrogen-bond donors (Lipinski definition) is 1. The summed E-state index contributed by atoms with van der Waals surface area (Å²) in [7, 11) is -3.99. The molecule has 2 aromatic rings. The minimum Gasteiger partial charge on any atom is -0.394 e. The van der Waals surface area contributed by atoms with Gasteiger partial charge >= 0.3 is 0 Å². The molecule has 2 aromatic carbocycles. The zero-order valence-electron chi connectivity index (χ0n) is 13.8. The van der Waals surface area contributed by atoms with Crippen LogP contribution in [0.1, 0.15) is 24.4 Å². The molecule has 0 bridgehead atoms. The van der Waals surface area contributed by atoms with Crippen LogP contribution in [0, 0.1) is 17.6 Å². The van der Waals surface area contributed by atoms with E-state index in [1.54, 1.807) is 0 Å². The van der Waals surface area contributed by atoms with Crippen molar-refractivity contribution in [3.05, 3.63) is 64.7 Å². The number of hydrogen-bond acceptors (Lipinski definition) is 3. The van der Waals surface area contributed by atoms with E-state index in [2.05, 4.69) is 0 Å². The van der Waals surface area contributed by atoms with Crippen molar-refractivity contribution in [3.8, 4) is 0 Å². The Bertz CT molecular complexity index is 866. The highest BCUT2D eigenvalue weighted by Crippen LogP contribution is 2.36. The molecule has 0 aromatic heterocycles. The van der Waals surface area contributed by atoms with Crippen LogP contribution in [0.4, 0.5) is 8.78 Å². The molecule has 0 aliphatic heterocycles. The maximum Gasteiger partial charge on any atom is 0.243 e. The average molecular weight is 402 g/mol. The summed E-state index contributed by atoms with van der Waals surface area (Å²) in [5.74, 6) is -1.48. The van der Waals surface area contributed by atoms with E-state index >= 15 is 0 Å². The van der Waals surface area contributed by atoms with E-state index in [0.717, 1.165) is 29.3 Å². The van der Waals surface area contributed by atoms with Crippen LogP contribution in [0.15, 0.2) is 47.4 Å². The molecule has 1 aliphatic carbocycles. The Morgan fingerprint density at radius 3 is 2.19 bits per heavy atom. The Kier molecular flexibility index (Phi) is 5.62. The molecule has 4 nitrogen and oxygen atoms in total. The summed E-state index contributed by atoms with van der Waals surface area (Å²) < 4.78 is 54.6. The minimum absolute atomic E-state index is 0.0119. The van der Waals surface area contributed by atoms with Gasteiger partial charge in [0.05, 0.1) is 17.5 Å². The van der Waals surface area contributed by atoms with Gasteiger partial charge in [0.1, 0.15) is 11.6 Å². The maximum absolute atomic E-state index is 13.6. The fraction of sp³-hybridized carbons (Fsp3) is 0.333. The third kappa shape index (κ3) is 4.23. The van der Waals surface area contributed by atoms with Gasteiger partial charge in [-0.1, -0.05) is 11.6 Å². The molecule has 0 spiro atoms. The van der Waals surface area contributed by atoms with Gasteiger partial charge in [-0.05, 0) is 60.7 Å². The summed E-state index contributed by atoms with van der Waals surface area (Å²) in [4.78, 5) is 0.0119. The van der Waals surface area contributed by atoms with Crippen molar-refractivity contribution in [1.29, 1.82) is 0 Å². The quantitative estimate of drug-likeness (QED) is 0.768. The lowest BCUT2D eigenvalue weighted by atomic mass is 10.1. The van der Waals surface area contributed by atoms with Crippen molar-refractivity contribution < 1.29 is 22.3 Å². The minimum atomic E-state index is -3.99. The number of halogens is 3. The van der Waals surface area contributed by atoms with Crippen molar-refractivity contribution in [3.63, 3.8) is 0 Å². The van der Waals surface area contributed by atoms with Gasteiger partial charge in [-0.15, -0.1) is 0 Å². The monoisotopic (exact) mass is 401 g/mol. The molecule has 1 N–H and O–H groups in total. The van der Waals surface area contributed by atoms with Crippen LogP contribution >= 0.6 is 11.6 Å². The first-order chi connectivity index (χ1) is 12.3. The zero-order valence-corrected chi connectivity index (χ0v) is 15.4. The molecule has 0 amide bonds. The second-order valence-corrected chi connectivity index (χ2v) is 8.70. The van der Waals surface area contributed by atoms with Crippen molar-refractivity contribution in [1.82, 2.24) is 4.31 Å². The summed E-state index contributed by atoms with van der Waals surface area (Å²) in [5, 5.41) is 10.2. The third-order valence-corrected chi connectivity index (χ3v) is 6.49. The van der Waals surface area contributed by atoms with Crippen molar-refractivity contribution in [2.24, 2.45) is 5.92 Å². The molecule has 0 saturated heterocycles. The fourth-order valence-electron chi connectivity index (χ4n) is 2.82. The van der Waals surface area contributed by atoms with Crippen LogP contribution in [0.25, 0.3) is 0 Å². The molecular formula is C18H18ClF2NO3S. The molecule has 1 fully saturated rings. The van der Waals surface area contributed by atoms with Gasteiger partial charge in [-0.25, -0.2) is 17.2 Å². The van der Waals surface area contributed by atoms with E-state index in [4.69, 9.17) is 11.6 Å². The van der Waals surface area contributed by atoms with Crippen LogP contribution < -0.4 is 0 Å². The van der Waals surface area contributed by atoms with Crippen LogP contribution in [-0.4, -0.2) is 31.0 Å². The predicted octanol–water partition coefficient (Wildman–Crippen LogP) is 3.75. The first kappa shape index (κ1) is 19.2. The van der Waals surface area contributed by atoms with E-state index < -0.39 is 34.3 Å². The summed E-state index contributed by atoms with van der Waals surface area (Å²) >= 11 is 5.82.